The van der Waals surface area contributed by atoms with Gasteiger partial charge in [0.2, 0.25) is 0 Å². The lowest BCUT2D eigenvalue weighted by Gasteiger charge is -2.20. The second kappa shape index (κ2) is 5.26. The van der Waals surface area contributed by atoms with Gasteiger partial charge in [0.15, 0.2) is 5.13 Å². The molecule has 0 fully saturated rings. The van der Waals surface area contributed by atoms with E-state index in [-0.39, 0.29) is 5.91 Å². The highest BCUT2D eigenvalue weighted by Gasteiger charge is 2.28. The van der Waals surface area contributed by atoms with E-state index in [1.165, 1.54) is 18.4 Å². The third-order valence-electron chi connectivity index (χ3n) is 2.98. The average Bonchev–Trinajstić information content (AvgIpc) is 2.79. The number of thiazole rings is 1. The van der Waals surface area contributed by atoms with Crippen LogP contribution in [0.15, 0.2) is 12.1 Å². The molecule has 2 aromatic rings. The molecule has 1 heterocycles. The number of nitrogens with two attached hydrogens (primary N) is 1. The van der Waals surface area contributed by atoms with Gasteiger partial charge in [-0.1, -0.05) is 11.3 Å². The summed E-state index contributed by atoms with van der Waals surface area (Å²) >= 11 is 1.34. The number of carbonyl (C=O) groups excluding carboxylic acids is 1. The maximum absolute atomic E-state index is 12.0. The lowest BCUT2D eigenvalue weighted by molar-refractivity contribution is -0.133. The average molecular weight is 295 g/mol. The van der Waals surface area contributed by atoms with E-state index in [1.807, 2.05) is 0 Å². The molecule has 108 valence electrons. The second-order valence-electron chi connectivity index (χ2n) is 4.76. The van der Waals surface area contributed by atoms with Crippen molar-refractivity contribution in [2.45, 2.75) is 19.4 Å². The third-order valence-corrected chi connectivity index (χ3v) is 3.90. The number of aromatic nitrogens is 1. The van der Waals surface area contributed by atoms with Crippen molar-refractivity contribution in [1.82, 2.24) is 4.98 Å². The fraction of sp³-hybridized carbons (Fsp3) is 0.385. The number of hydrogen-bond donors (Lipinski definition) is 2. The normalized spacial score (nSPS) is 11.6. The zero-order chi connectivity index (χ0) is 14.9. The molecule has 0 aliphatic carbocycles. The van der Waals surface area contributed by atoms with Gasteiger partial charge in [-0.25, -0.2) is 4.98 Å². The second-order valence-corrected chi connectivity index (χ2v) is 5.79. The monoisotopic (exact) mass is 295 g/mol. The van der Waals surface area contributed by atoms with Crippen molar-refractivity contribution in [1.29, 1.82) is 0 Å². The highest BCUT2D eigenvalue weighted by Crippen LogP contribution is 2.34. The molecular formula is C13H17N3O3S. The van der Waals surface area contributed by atoms with E-state index in [2.05, 4.69) is 10.3 Å². The van der Waals surface area contributed by atoms with Gasteiger partial charge in [-0.15, -0.1) is 0 Å². The minimum Gasteiger partial charge on any atom is -0.494 e. The molecule has 0 saturated carbocycles. The number of nitrogen functional groups attached to an aromatic ring is 1. The maximum Gasteiger partial charge on any atom is 0.257 e. The molecule has 0 radical (unpaired) electrons. The number of carbonyl (C=O) groups is 1. The minimum absolute atomic E-state index is 0.258. The Bertz CT molecular complexity index is 652. The predicted molar refractivity (Wildman–Crippen MR) is 80.3 cm³/mol. The first kappa shape index (κ1) is 14.5. The van der Waals surface area contributed by atoms with Crippen molar-refractivity contribution < 1.29 is 14.3 Å². The molecular weight excluding hydrogens is 278 g/mol. The van der Waals surface area contributed by atoms with Crippen molar-refractivity contribution in [2.24, 2.45) is 0 Å². The summed E-state index contributed by atoms with van der Waals surface area (Å²) < 4.78 is 11.2. The molecule has 20 heavy (non-hydrogen) atoms. The number of nitrogens with one attached hydrogen (secondary N) is 1. The number of benzene rings is 1. The molecule has 3 N–H and O–H groups in total. The van der Waals surface area contributed by atoms with E-state index < -0.39 is 5.60 Å². The van der Waals surface area contributed by atoms with E-state index >= 15 is 0 Å². The van der Waals surface area contributed by atoms with Crippen molar-refractivity contribution in [3.8, 4) is 5.75 Å². The topological polar surface area (TPSA) is 86.5 Å². The van der Waals surface area contributed by atoms with Crippen LogP contribution in [0.4, 0.5) is 10.8 Å². The Kier molecular flexibility index (Phi) is 3.82. The summed E-state index contributed by atoms with van der Waals surface area (Å²) in [5.74, 6) is 0.328. The van der Waals surface area contributed by atoms with Crippen LogP contribution in [-0.4, -0.2) is 30.7 Å². The summed E-state index contributed by atoms with van der Waals surface area (Å²) in [5, 5.41) is 3.23. The van der Waals surface area contributed by atoms with E-state index in [0.717, 1.165) is 4.70 Å². The van der Waals surface area contributed by atoms with Gasteiger partial charge in [0.05, 0.1) is 11.8 Å². The smallest absolute Gasteiger partial charge is 0.257 e. The first-order chi connectivity index (χ1) is 9.37. The van der Waals surface area contributed by atoms with Gasteiger partial charge in [-0.2, -0.15) is 0 Å². The zero-order valence-electron chi connectivity index (χ0n) is 11.8. The number of amides is 1. The number of hydrogen-bond acceptors (Lipinski definition) is 6. The van der Waals surface area contributed by atoms with Gasteiger partial charge >= 0.3 is 0 Å². The molecule has 0 saturated heterocycles. The Labute approximate surface area is 120 Å². The van der Waals surface area contributed by atoms with Crippen LogP contribution in [0.25, 0.3) is 10.2 Å². The SMILES string of the molecule is COc1cc(N)cc2sc(NC(=O)C(C)(C)OC)nc12. The van der Waals surface area contributed by atoms with Crippen molar-refractivity contribution in [3.05, 3.63) is 12.1 Å². The van der Waals surface area contributed by atoms with Crippen molar-refractivity contribution >= 4 is 38.3 Å². The number of anilines is 2. The van der Waals surface area contributed by atoms with Gasteiger partial charge in [-0.05, 0) is 19.9 Å². The van der Waals surface area contributed by atoms with Crippen molar-refractivity contribution in [3.63, 3.8) is 0 Å². The van der Waals surface area contributed by atoms with Gasteiger partial charge in [0.25, 0.3) is 5.91 Å². The van der Waals surface area contributed by atoms with Crippen LogP contribution < -0.4 is 15.8 Å². The van der Waals surface area contributed by atoms with Crippen LogP contribution in [0.3, 0.4) is 0 Å². The lowest BCUT2D eigenvalue weighted by Crippen LogP contribution is -2.38. The molecule has 0 spiro atoms. The quantitative estimate of drug-likeness (QED) is 0.845. The summed E-state index contributed by atoms with van der Waals surface area (Å²) in [7, 11) is 3.04. The molecule has 0 atom stereocenters. The third kappa shape index (κ3) is 2.68. The van der Waals surface area contributed by atoms with Gasteiger partial charge in [0, 0.05) is 18.9 Å². The molecule has 0 aliphatic heterocycles. The molecule has 1 aromatic carbocycles. The lowest BCUT2D eigenvalue weighted by atomic mass is 10.1. The predicted octanol–water partition coefficient (Wildman–Crippen LogP) is 2.25. The Morgan fingerprint density at radius 2 is 2.10 bits per heavy atom. The van der Waals surface area contributed by atoms with E-state index in [0.29, 0.717) is 22.1 Å². The van der Waals surface area contributed by atoms with E-state index in [4.69, 9.17) is 15.2 Å². The first-order valence-corrected chi connectivity index (χ1v) is 6.79. The maximum atomic E-state index is 12.0. The molecule has 0 unspecified atom stereocenters. The highest BCUT2D eigenvalue weighted by atomic mass is 32.1. The highest BCUT2D eigenvalue weighted by molar-refractivity contribution is 7.22. The number of methoxy groups -OCH3 is 2. The summed E-state index contributed by atoms with van der Waals surface area (Å²) in [5.41, 5.74) is 6.15. The fourth-order valence-corrected chi connectivity index (χ4v) is 2.50. The molecule has 1 aromatic heterocycles. The summed E-state index contributed by atoms with van der Waals surface area (Å²) in [6.07, 6.45) is 0. The Morgan fingerprint density at radius 3 is 2.70 bits per heavy atom. The number of nitrogens with zero attached hydrogens (tertiary/aromatic N) is 1. The number of ether oxygens (including phenoxy) is 2. The fourth-order valence-electron chi connectivity index (χ4n) is 1.57. The van der Waals surface area contributed by atoms with Gasteiger partial charge in [-0.3, -0.25) is 10.1 Å². The molecule has 2 rings (SSSR count). The molecule has 1 amide bonds. The van der Waals surface area contributed by atoms with Crippen LogP contribution in [0.1, 0.15) is 13.8 Å². The molecule has 6 nitrogen and oxygen atoms in total. The Balaban J connectivity index is 2.35. The summed E-state index contributed by atoms with van der Waals surface area (Å²) in [6.45, 7) is 3.38. The van der Waals surface area contributed by atoms with E-state index in [9.17, 15) is 4.79 Å². The Morgan fingerprint density at radius 1 is 1.40 bits per heavy atom. The molecule has 7 heteroatoms. The van der Waals surface area contributed by atoms with Gasteiger partial charge in [0.1, 0.15) is 16.9 Å². The van der Waals surface area contributed by atoms with E-state index in [1.54, 1.807) is 33.1 Å². The van der Waals surface area contributed by atoms with Gasteiger partial charge < -0.3 is 15.2 Å². The molecule has 0 aliphatic rings. The van der Waals surface area contributed by atoms with Crippen LogP contribution in [-0.2, 0) is 9.53 Å². The van der Waals surface area contributed by atoms with Crippen molar-refractivity contribution in [2.75, 3.05) is 25.3 Å². The number of fused-ring (bicyclic) bond motifs is 1. The minimum atomic E-state index is -0.916. The van der Waals surface area contributed by atoms with Crippen LogP contribution >= 0.6 is 11.3 Å². The zero-order valence-corrected chi connectivity index (χ0v) is 12.6. The largest absolute Gasteiger partial charge is 0.494 e. The standard InChI is InChI=1S/C13H17N3O3S/c1-13(2,19-4)11(17)16-12-15-10-8(18-3)5-7(14)6-9(10)20-12/h5-6H,14H2,1-4H3,(H,15,16,17). The first-order valence-electron chi connectivity index (χ1n) is 5.98. The summed E-state index contributed by atoms with van der Waals surface area (Å²) in [6, 6.07) is 3.50. The number of rotatable bonds is 4. The molecule has 0 bridgehead atoms. The van der Waals surface area contributed by atoms with Crippen LogP contribution in [0, 0.1) is 0 Å². The van der Waals surface area contributed by atoms with Crippen LogP contribution in [0.2, 0.25) is 0 Å². The Hall–Kier alpha value is -1.86. The van der Waals surface area contributed by atoms with Crippen LogP contribution in [0.5, 0.6) is 5.75 Å². The summed E-state index contributed by atoms with van der Waals surface area (Å²) in [4.78, 5) is 16.4.